The van der Waals surface area contributed by atoms with Gasteiger partial charge in [-0.1, -0.05) is 35.3 Å². The van der Waals surface area contributed by atoms with Crippen molar-refractivity contribution in [3.63, 3.8) is 0 Å². The van der Waals surface area contributed by atoms with Crippen LogP contribution >= 0.6 is 23.2 Å². The van der Waals surface area contributed by atoms with Crippen molar-refractivity contribution in [2.75, 3.05) is 13.2 Å². The zero-order chi connectivity index (χ0) is 17.1. The van der Waals surface area contributed by atoms with Gasteiger partial charge < -0.3 is 14.8 Å². The number of amides is 1. The number of hydrogen-bond donors (Lipinski definition) is 1. The predicted octanol–water partition coefficient (Wildman–Crippen LogP) is 1.51. The molecule has 1 N–H and O–H groups in total. The molecule has 0 saturated carbocycles. The van der Waals surface area contributed by atoms with Crippen LogP contribution in [0, 0.1) is 0 Å². The highest BCUT2D eigenvalue weighted by molar-refractivity contribution is 6.41. The molecule has 1 aromatic heterocycles. The monoisotopic (exact) mass is 369 g/mol. The maximum absolute atomic E-state index is 12.0. The molecule has 0 unspecified atom stereocenters. The van der Waals surface area contributed by atoms with Crippen LogP contribution in [-0.4, -0.2) is 34.9 Å². The molecule has 0 aliphatic carbocycles. The number of rotatable bonds is 4. The molecular weight excluding hydrogens is 357 g/mol. The number of fused-ring (bicyclic) bond motifs is 1. The number of benzene rings is 1. The summed E-state index contributed by atoms with van der Waals surface area (Å²) in [5, 5.41) is 6.33. The molecule has 0 bridgehead atoms. The molecule has 2 heterocycles. The Morgan fingerprint density at radius 1 is 1.33 bits per heavy atom. The molecule has 24 heavy (non-hydrogen) atoms. The molecule has 9 heteroatoms. The van der Waals surface area contributed by atoms with E-state index < -0.39 is 11.5 Å². The molecular formula is C15H13Cl2N3O4. The van der Waals surface area contributed by atoms with Gasteiger partial charge in [-0.15, -0.1) is 0 Å². The molecule has 0 fully saturated rings. The van der Waals surface area contributed by atoms with E-state index in [1.165, 1.54) is 6.20 Å². The molecule has 126 valence electrons. The Hall–Kier alpha value is -2.25. The minimum Gasteiger partial charge on any atom is -0.486 e. The minimum absolute atomic E-state index is 0.0461. The third kappa shape index (κ3) is 3.63. The molecule has 1 amide bonds. The fourth-order valence-corrected chi connectivity index (χ4v) is 2.41. The van der Waals surface area contributed by atoms with Crippen molar-refractivity contribution < 1.29 is 14.3 Å². The predicted molar refractivity (Wildman–Crippen MR) is 87.9 cm³/mol. The number of halogens is 2. The van der Waals surface area contributed by atoms with Gasteiger partial charge in [0.1, 0.15) is 24.3 Å². The minimum atomic E-state index is -0.620. The zero-order valence-corrected chi connectivity index (χ0v) is 13.9. The van der Waals surface area contributed by atoms with E-state index in [-0.39, 0.29) is 29.2 Å². The van der Waals surface area contributed by atoms with Gasteiger partial charge >= 0.3 is 0 Å². The number of carbonyl (C=O) groups is 1. The van der Waals surface area contributed by atoms with Gasteiger partial charge in [0.05, 0.1) is 17.8 Å². The molecule has 0 saturated heterocycles. The van der Waals surface area contributed by atoms with Gasteiger partial charge in [0.25, 0.3) is 5.56 Å². The molecule has 3 rings (SSSR count). The van der Waals surface area contributed by atoms with Crippen LogP contribution in [0.3, 0.4) is 0 Å². The highest BCUT2D eigenvalue weighted by Gasteiger charge is 2.21. The Morgan fingerprint density at radius 2 is 2.08 bits per heavy atom. The lowest BCUT2D eigenvalue weighted by Gasteiger charge is -2.26. The molecule has 0 spiro atoms. The van der Waals surface area contributed by atoms with Crippen LogP contribution < -0.4 is 20.3 Å². The standard InChI is InChI=1S/C15H13Cl2N3O4/c16-10-6-19-20(15(22)14(10)17)7-13(21)18-5-9-8-23-11-3-1-2-4-12(11)24-9/h1-4,6,9H,5,7-8H2,(H,18,21)/t9-/m0/s1. The Labute approximate surface area is 147 Å². The summed E-state index contributed by atoms with van der Waals surface area (Å²) < 4.78 is 12.2. The van der Waals surface area contributed by atoms with Crippen molar-refractivity contribution in [2.45, 2.75) is 12.6 Å². The molecule has 1 aliphatic rings. The van der Waals surface area contributed by atoms with Crippen molar-refractivity contribution in [2.24, 2.45) is 0 Å². The van der Waals surface area contributed by atoms with E-state index in [0.717, 1.165) is 4.68 Å². The first-order valence-electron chi connectivity index (χ1n) is 7.11. The average Bonchev–Trinajstić information content (AvgIpc) is 2.60. The van der Waals surface area contributed by atoms with E-state index in [1.54, 1.807) is 6.07 Å². The average molecular weight is 370 g/mol. The van der Waals surface area contributed by atoms with E-state index in [4.69, 9.17) is 32.7 Å². The van der Waals surface area contributed by atoms with Crippen molar-refractivity contribution in [3.8, 4) is 11.5 Å². The van der Waals surface area contributed by atoms with Gasteiger partial charge in [0, 0.05) is 0 Å². The van der Waals surface area contributed by atoms with Crippen LogP contribution in [0.1, 0.15) is 0 Å². The van der Waals surface area contributed by atoms with Gasteiger partial charge in [-0.2, -0.15) is 5.10 Å². The maximum atomic E-state index is 12.0. The lowest BCUT2D eigenvalue weighted by atomic mass is 10.2. The van der Waals surface area contributed by atoms with Crippen LogP contribution in [-0.2, 0) is 11.3 Å². The number of hydrogen-bond acceptors (Lipinski definition) is 5. The van der Waals surface area contributed by atoms with Crippen LogP contribution in [0.15, 0.2) is 35.3 Å². The third-order valence-corrected chi connectivity index (χ3v) is 4.08. The number of aromatic nitrogens is 2. The highest BCUT2D eigenvalue weighted by atomic mass is 35.5. The van der Waals surface area contributed by atoms with E-state index in [9.17, 15) is 9.59 Å². The third-order valence-electron chi connectivity index (χ3n) is 3.33. The number of nitrogens with zero attached hydrogens (tertiary/aromatic N) is 2. The van der Waals surface area contributed by atoms with Crippen LogP contribution in [0.5, 0.6) is 11.5 Å². The second-order valence-corrected chi connectivity index (χ2v) is 5.86. The lowest BCUT2D eigenvalue weighted by Crippen LogP contribution is -2.42. The van der Waals surface area contributed by atoms with Crippen molar-refractivity contribution in [1.29, 1.82) is 0 Å². The molecule has 1 atom stereocenters. The topological polar surface area (TPSA) is 82.5 Å². The Balaban J connectivity index is 1.55. The van der Waals surface area contributed by atoms with Gasteiger partial charge in [-0.05, 0) is 12.1 Å². The first-order chi connectivity index (χ1) is 11.5. The normalized spacial score (nSPS) is 15.8. The number of para-hydroxylation sites is 2. The Bertz CT molecular complexity index is 825. The summed E-state index contributed by atoms with van der Waals surface area (Å²) in [6, 6.07) is 7.30. The van der Waals surface area contributed by atoms with E-state index >= 15 is 0 Å². The molecule has 0 radical (unpaired) electrons. The second kappa shape index (κ2) is 7.11. The van der Waals surface area contributed by atoms with Gasteiger partial charge in [-0.3, -0.25) is 9.59 Å². The van der Waals surface area contributed by atoms with Crippen LogP contribution in [0.4, 0.5) is 0 Å². The molecule has 1 aliphatic heterocycles. The molecule has 1 aromatic carbocycles. The van der Waals surface area contributed by atoms with E-state index in [0.29, 0.717) is 18.1 Å². The lowest BCUT2D eigenvalue weighted by molar-refractivity contribution is -0.122. The fraction of sp³-hybridized carbons (Fsp3) is 0.267. The summed E-state index contributed by atoms with van der Waals surface area (Å²) in [6.07, 6.45) is 0.899. The summed E-state index contributed by atoms with van der Waals surface area (Å²) >= 11 is 11.4. The van der Waals surface area contributed by atoms with E-state index in [2.05, 4.69) is 10.4 Å². The van der Waals surface area contributed by atoms with Crippen molar-refractivity contribution >= 4 is 29.1 Å². The fourth-order valence-electron chi connectivity index (χ4n) is 2.14. The Kier molecular flexibility index (Phi) is 4.92. The van der Waals surface area contributed by atoms with Gasteiger partial charge in [-0.25, -0.2) is 4.68 Å². The highest BCUT2D eigenvalue weighted by Crippen LogP contribution is 2.30. The van der Waals surface area contributed by atoms with Crippen molar-refractivity contribution in [3.05, 3.63) is 50.9 Å². The van der Waals surface area contributed by atoms with Crippen LogP contribution in [0.25, 0.3) is 0 Å². The van der Waals surface area contributed by atoms with Crippen LogP contribution in [0.2, 0.25) is 10.0 Å². The first kappa shape index (κ1) is 16.6. The molecule has 2 aromatic rings. The number of ether oxygens (including phenoxy) is 2. The summed E-state index contributed by atoms with van der Waals surface area (Å²) in [7, 11) is 0. The Morgan fingerprint density at radius 3 is 2.88 bits per heavy atom. The summed E-state index contributed by atoms with van der Waals surface area (Å²) in [5.74, 6) is 0.905. The first-order valence-corrected chi connectivity index (χ1v) is 7.86. The van der Waals surface area contributed by atoms with E-state index in [1.807, 2.05) is 18.2 Å². The number of nitrogens with one attached hydrogen (secondary N) is 1. The maximum Gasteiger partial charge on any atom is 0.287 e. The van der Waals surface area contributed by atoms with Gasteiger partial charge in [0.15, 0.2) is 11.5 Å². The smallest absolute Gasteiger partial charge is 0.287 e. The summed E-state index contributed by atoms with van der Waals surface area (Å²) in [5.41, 5.74) is -0.620. The SMILES string of the molecule is O=C(Cn1ncc(Cl)c(Cl)c1=O)NC[C@H]1COc2ccccc2O1. The quantitative estimate of drug-likeness (QED) is 0.882. The van der Waals surface area contributed by atoms with Crippen molar-refractivity contribution in [1.82, 2.24) is 15.1 Å². The molecule has 7 nitrogen and oxygen atoms in total. The largest absolute Gasteiger partial charge is 0.486 e. The second-order valence-electron chi connectivity index (χ2n) is 5.07. The zero-order valence-electron chi connectivity index (χ0n) is 12.4. The number of carbonyl (C=O) groups excluding carboxylic acids is 1. The van der Waals surface area contributed by atoms with Gasteiger partial charge in [0.2, 0.25) is 5.91 Å². The summed E-state index contributed by atoms with van der Waals surface area (Å²) in [6.45, 7) is 0.297. The summed E-state index contributed by atoms with van der Waals surface area (Å²) in [4.78, 5) is 23.8.